The Bertz CT molecular complexity index is 445. The second-order valence-corrected chi connectivity index (χ2v) is 9.18. The van der Waals surface area contributed by atoms with Crippen LogP contribution in [0, 0.1) is 5.92 Å². The molecule has 4 fully saturated rings. The summed E-state index contributed by atoms with van der Waals surface area (Å²) in [6.45, 7) is 19.0. The summed E-state index contributed by atoms with van der Waals surface area (Å²) in [5.41, 5.74) is 0. The Morgan fingerprint density at radius 1 is 0.840 bits per heavy atom. The first-order chi connectivity index (χ1) is 12.1. The first-order valence-corrected chi connectivity index (χ1v) is 10.6. The fourth-order valence-corrected chi connectivity index (χ4v) is 5.61. The molecular formula is C20H38N4O. The van der Waals surface area contributed by atoms with E-state index in [-0.39, 0.29) is 0 Å². The summed E-state index contributed by atoms with van der Waals surface area (Å²) in [6.07, 6.45) is 2.79. The molecule has 0 spiro atoms. The van der Waals surface area contributed by atoms with Gasteiger partial charge in [0.25, 0.3) is 0 Å². The van der Waals surface area contributed by atoms with E-state index in [1.165, 1.54) is 58.7 Å². The summed E-state index contributed by atoms with van der Waals surface area (Å²) in [5.74, 6) is 0.896. The first-order valence-electron chi connectivity index (χ1n) is 10.6. The molecule has 0 bridgehead atoms. The van der Waals surface area contributed by atoms with Crippen LogP contribution in [-0.4, -0.2) is 109 Å². The summed E-state index contributed by atoms with van der Waals surface area (Å²) >= 11 is 0. The summed E-state index contributed by atoms with van der Waals surface area (Å²) < 4.78 is 5.71. The lowest BCUT2D eigenvalue weighted by atomic mass is 9.95. The largest absolute Gasteiger partial charge is 0.378 e. The van der Waals surface area contributed by atoms with Gasteiger partial charge in [-0.3, -0.25) is 19.6 Å². The maximum Gasteiger partial charge on any atom is 0.0634 e. The zero-order chi connectivity index (χ0) is 17.4. The van der Waals surface area contributed by atoms with E-state index in [0.717, 1.165) is 37.8 Å². The Balaban J connectivity index is 1.27. The lowest BCUT2D eigenvalue weighted by molar-refractivity contribution is -0.0531. The summed E-state index contributed by atoms with van der Waals surface area (Å²) in [5, 5.41) is 0. The average Bonchev–Trinajstić information content (AvgIpc) is 3.02. The molecule has 0 saturated carbocycles. The monoisotopic (exact) mass is 350 g/mol. The number of morpholine rings is 1. The molecule has 4 atom stereocenters. The van der Waals surface area contributed by atoms with Crippen LogP contribution in [0.4, 0.5) is 0 Å². The Hall–Kier alpha value is -0.200. The number of hydrogen-bond donors (Lipinski definition) is 0. The molecule has 0 aliphatic carbocycles. The number of piperazine rings is 2. The van der Waals surface area contributed by atoms with Crippen LogP contribution in [0.2, 0.25) is 0 Å². The van der Waals surface area contributed by atoms with E-state index in [1.54, 1.807) is 0 Å². The Labute approximate surface area is 154 Å². The molecule has 0 aromatic heterocycles. The minimum Gasteiger partial charge on any atom is -0.378 e. The highest BCUT2D eigenvalue weighted by atomic mass is 16.5. The van der Waals surface area contributed by atoms with Crippen LogP contribution in [0.1, 0.15) is 33.6 Å². The molecule has 144 valence electrons. The average molecular weight is 351 g/mol. The van der Waals surface area contributed by atoms with Gasteiger partial charge in [0, 0.05) is 76.5 Å². The molecule has 4 unspecified atom stereocenters. The third kappa shape index (κ3) is 4.06. The van der Waals surface area contributed by atoms with E-state index in [1.807, 2.05) is 0 Å². The van der Waals surface area contributed by atoms with Crippen LogP contribution in [0.5, 0.6) is 0 Å². The highest BCUT2D eigenvalue weighted by Gasteiger charge is 2.38. The second kappa shape index (κ2) is 7.81. The van der Waals surface area contributed by atoms with Crippen molar-refractivity contribution >= 4 is 0 Å². The van der Waals surface area contributed by atoms with Gasteiger partial charge in [-0.2, -0.15) is 0 Å². The molecule has 0 aromatic carbocycles. The van der Waals surface area contributed by atoms with E-state index in [4.69, 9.17) is 4.74 Å². The molecule has 5 heteroatoms. The van der Waals surface area contributed by atoms with Gasteiger partial charge in [0.2, 0.25) is 0 Å². The number of fused-ring (bicyclic) bond motifs is 2. The van der Waals surface area contributed by atoms with Crippen LogP contribution in [0.15, 0.2) is 0 Å². The lowest BCUT2D eigenvalue weighted by Crippen LogP contribution is -2.59. The molecule has 0 N–H and O–H groups in total. The van der Waals surface area contributed by atoms with Crippen molar-refractivity contribution in [2.45, 2.75) is 57.8 Å². The minimum atomic E-state index is 0.638. The van der Waals surface area contributed by atoms with Gasteiger partial charge in [-0.25, -0.2) is 0 Å². The van der Waals surface area contributed by atoms with Gasteiger partial charge >= 0.3 is 0 Å². The third-order valence-corrected chi connectivity index (χ3v) is 7.23. The van der Waals surface area contributed by atoms with Gasteiger partial charge in [-0.1, -0.05) is 0 Å². The van der Waals surface area contributed by atoms with Gasteiger partial charge in [0.1, 0.15) is 0 Å². The predicted octanol–water partition coefficient (Wildman–Crippen LogP) is 1.20. The van der Waals surface area contributed by atoms with E-state index in [9.17, 15) is 0 Å². The van der Waals surface area contributed by atoms with Gasteiger partial charge in [0.05, 0.1) is 13.2 Å². The molecular weight excluding hydrogens is 312 g/mol. The van der Waals surface area contributed by atoms with Crippen molar-refractivity contribution in [2.24, 2.45) is 5.92 Å². The summed E-state index contributed by atoms with van der Waals surface area (Å²) in [7, 11) is 0. The van der Waals surface area contributed by atoms with E-state index >= 15 is 0 Å². The van der Waals surface area contributed by atoms with Crippen molar-refractivity contribution in [3.63, 3.8) is 0 Å². The SMILES string of the molecule is CC(C)N1CCN2CC(CC(C)N3CCN4CCOCC4C3)CC2C1. The van der Waals surface area contributed by atoms with Crippen molar-refractivity contribution in [1.82, 2.24) is 19.6 Å². The lowest BCUT2D eigenvalue weighted by Gasteiger charge is -2.46. The topological polar surface area (TPSA) is 22.2 Å². The fourth-order valence-electron chi connectivity index (χ4n) is 5.61. The van der Waals surface area contributed by atoms with E-state index in [2.05, 4.69) is 40.4 Å². The first kappa shape index (κ1) is 18.2. The molecule has 25 heavy (non-hydrogen) atoms. The molecule has 4 aliphatic heterocycles. The van der Waals surface area contributed by atoms with Crippen LogP contribution >= 0.6 is 0 Å². The quantitative estimate of drug-likeness (QED) is 0.758. The van der Waals surface area contributed by atoms with Gasteiger partial charge < -0.3 is 4.74 Å². The van der Waals surface area contributed by atoms with Crippen molar-refractivity contribution in [3.05, 3.63) is 0 Å². The summed E-state index contributed by atoms with van der Waals surface area (Å²) in [6, 6.07) is 2.88. The second-order valence-electron chi connectivity index (χ2n) is 9.18. The molecule has 4 saturated heterocycles. The van der Waals surface area contributed by atoms with Crippen LogP contribution < -0.4 is 0 Å². The highest BCUT2D eigenvalue weighted by molar-refractivity contribution is 4.94. The maximum absolute atomic E-state index is 5.71. The molecule has 5 nitrogen and oxygen atoms in total. The van der Waals surface area contributed by atoms with Crippen molar-refractivity contribution in [3.8, 4) is 0 Å². The molecule has 4 rings (SSSR count). The maximum atomic E-state index is 5.71. The van der Waals surface area contributed by atoms with Crippen molar-refractivity contribution in [2.75, 3.05) is 65.6 Å². The van der Waals surface area contributed by atoms with Crippen LogP contribution in [-0.2, 0) is 4.74 Å². The molecule has 0 amide bonds. The number of nitrogens with zero attached hydrogens (tertiary/aromatic N) is 4. The number of ether oxygens (including phenoxy) is 1. The van der Waals surface area contributed by atoms with Gasteiger partial charge in [-0.05, 0) is 39.5 Å². The van der Waals surface area contributed by atoms with Crippen LogP contribution in [0.25, 0.3) is 0 Å². The summed E-state index contributed by atoms with van der Waals surface area (Å²) in [4.78, 5) is 10.8. The zero-order valence-corrected chi connectivity index (χ0v) is 16.6. The zero-order valence-electron chi connectivity index (χ0n) is 16.6. The fraction of sp³-hybridized carbons (Fsp3) is 1.00. The standard InChI is InChI=1S/C20H38N4O/c1-16(2)22-5-7-24-12-18(11-19(24)13-22)10-17(3)23-6-4-21-8-9-25-15-20(21)14-23/h16-20H,4-15H2,1-3H3. The van der Waals surface area contributed by atoms with E-state index in [0.29, 0.717) is 12.1 Å². The highest BCUT2D eigenvalue weighted by Crippen LogP contribution is 2.31. The normalized spacial score (nSPS) is 37.2. The minimum absolute atomic E-state index is 0.638. The third-order valence-electron chi connectivity index (χ3n) is 7.23. The molecule has 0 radical (unpaired) electrons. The van der Waals surface area contributed by atoms with Crippen LogP contribution in [0.3, 0.4) is 0 Å². The van der Waals surface area contributed by atoms with Gasteiger partial charge in [-0.15, -0.1) is 0 Å². The van der Waals surface area contributed by atoms with Gasteiger partial charge in [0.15, 0.2) is 0 Å². The Kier molecular flexibility index (Phi) is 5.68. The number of hydrogen-bond acceptors (Lipinski definition) is 5. The molecule has 4 heterocycles. The predicted molar refractivity (Wildman–Crippen MR) is 102 cm³/mol. The smallest absolute Gasteiger partial charge is 0.0634 e. The molecule has 4 aliphatic rings. The Morgan fingerprint density at radius 2 is 1.60 bits per heavy atom. The van der Waals surface area contributed by atoms with Crippen molar-refractivity contribution in [1.29, 1.82) is 0 Å². The Morgan fingerprint density at radius 3 is 2.44 bits per heavy atom. The number of rotatable bonds is 4. The molecule has 0 aromatic rings. The van der Waals surface area contributed by atoms with E-state index < -0.39 is 0 Å². The van der Waals surface area contributed by atoms with Crippen molar-refractivity contribution < 1.29 is 4.74 Å².